The van der Waals surface area contributed by atoms with E-state index in [-0.39, 0.29) is 43.1 Å². The van der Waals surface area contributed by atoms with E-state index in [1.54, 1.807) is 40.1 Å². The van der Waals surface area contributed by atoms with Crippen LogP contribution in [-0.2, 0) is 12.4 Å². The van der Waals surface area contributed by atoms with Gasteiger partial charge in [-0.15, -0.1) is 0 Å². The van der Waals surface area contributed by atoms with Gasteiger partial charge in [0.05, 0.1) is 0 Å². The van der Waals surface area contributed by atoms with Crippen LogP contribution in [0, 0.1) is 11.8 Å². The molecule has 2 aromatic heterocycles. The van der Waals surface area contributed by atoms with E-state index in [1.165, 1.54) is 6.07 Å². The van der Waals surface area contributed by atoms with Crippen molar-refractivity contribution in [2.75, 3.05) is 60.2 Å². The summed E-state index contributed by atoms with van der Waals surface area (Å²) >= 11 is 0. The lowest BCUT2D eigenvalue weighted by Gasteiger charge is -2.24. The number of aromatic nitrogens is 4. The van der Waals surface area contributed by atoms with E-state index in [0.29, 0.717) is 73.4 Å². The van der Waals surface area contributed by atoms with Crippen LogP contribution in [0.4, 0.5) is 61.2 Å². The molecule has 0 spiro atoms. The van der Waals surface area contributed by atoms with Crippen LogP contribution < -0.4 is 39.4 Å². The van der Waals surface area contributed by atoms with Gasteiger partial charge in [0.1, 0.15) is 22.8 Å². The SMILES string of the molecule is FC(F)(F)c1cnc(N2CCC(C3CCN(c4nc(Nc5ccc6c(c5)OCO6)ncc4C(F)(F)F)C3)C2)nc1Nc1ccc2c(c1)OCO2. The van der Waals surface area contributed by atoms with Gasteiger partial charge < -0.3 is 39.4 Å². The van der Waals surface area contributed by atoms with Gasteiger partial charge in [-0.2, -0.15) is 36.3 Å². The fourth-order valence-corrected chi connectivity index (χ4v) is 6.63. The maximum atomic E-state index is 14.1. The lowest BCUT2D eigenvalue weighted by molar-refractivity contribution is -0.138. The lowest BCUT2D eigenvalue weighted by Crippen LogP contribution is -2.28. The minimum atomic E-state index is -4.71. The molecular weight excluding hydrogens is 674 g/mol. The van der Waals surface area contributed by atoms with E-state index in [9.17, 15) is 26.3 Å². The molecule has 2 unspecified atom stereocenters. The Morgan fingerprint density at radius 2 is 1.20 bits per heavy atom. The summed E-state index contributed by atoms with van der Waals surface area (Å²) in [6.07, 6.45) is -6.59. The average molecular weight is 703 g/mol. The second-order valence-electron chi connectivity index (χ2n) is 12.2. The molecule has 50 heavy (non-hydrogen) atoms. The predicted molar refractivity (Wildman–Crippen MR) is 166 cm³/mol. The van der Waals surface area contributed by atoms with Crippen molar-refractivity contribution in [3.63, 3.8) is 0 Å². The van der Waals surface area contributed by atoms with Crippen molar-refractivity contribution in [3.8, 4) is 23.0 Å². The average Bonchev–Trinajstić information content (AvgIpc) is 3.90. The molecule has 0 radical (unpaired) electrons. The Morgan fingerprint density at radius 1 is 0.640 bits per heavy atom. The number of hydrogen-bond donors (Lipinski definition) is 2. The summed E-state index contributed by atoms with van der Waals surface area (Å²) in [5.41, 5.74) is -1.13. The number of fused-ring (bicyclic) bond motifs is 2. The number of alkyl halides is 6. The molecule has 4 aliphatic rings. The normalized spacial score (nSPS) is 19.7. The number of benzene rings is 2. The fraction of sp³-hybridized carbons (Fsp3) is 0.375. The molecule has 2 atom stereocenters. The Labute approximate surface area is 280 Å². The van der Waals surface area contributed by atoms with E-state index in [1.807, 2.05) is 0 Å². The lowest BCUT2D eigenvalue weighted by atomic mass is 9.91. The minimum Gasteiger partial charge on any atom is -0.454 e. The van der Waals surface area contributed by atoms with Crippen LogP contribution >= 0.6 is 0 Å². The molecule has 4 aromatic rings. The molecule has 18 heteroatoms. The molecule has 0 saturated carbocycles. The Bertz CT molecular complexity index is 1930. The highest BCUT2D eigenvalue weighted by molar-refractivity contribution is 5.65. The Hall–Kier alpha value is -5.42. The highest BCUT2D eigenvalue weighted by atomic mass is 19.4. The highest BCUT2D eigenvalue weighted by Gasteiger charge is 2.41. The van der Waals surface area contributed by atoms with Crippen LogP contribution in [0.25, 0.3) is 0 Å². The van der Waals surface area contributed by atoms with Crippen molar-refractivity contribution in [2.24, 2.45) is 11.8 Å². The van der Waals surface area contributed by atoms with Gasteiger partial charge in [0, 0.05) is 62.1 Å². The second-order valence-corrected chi connectivity index (χ2v) is 12.2. The molecule has 4 aliphatic heterocycles. The fourth-order valence-electron chi connectivity index (χ4n) is 6.63. The summed E-state index contributed by atoms with van der Waals surface area (Å²) < 4.78 is 105. The molecule has 8 rings (SSSR count). The molecule has 12 nitrogen and oxygen atoms in total. The molecule has 0 aliphatic carbocycles. The maximum Gasteiger partial charge on any atom is 0.421 e. The first-order valence-electron chi connectivity index (χ1n) is 15.7. The van der Waals surface area contributed by atoms with Crippen LogP contribution in [0.5, 0.6) is 23.0 Å². The first-order chi connectivity index (χ1) is 24.0. The van der Waals surface area contributed by atoms with Gasteiger partial charge in [0.2, 0.25) is 25.5 Å². The highest BCUT2D eigenvalue weighted by Crippen LogP contribution is 2.42. The summed E-state index contributed by atoms with van der Waals surface area (Å²) in [6, 6.07) is 9.69. The summed E-state index contributed by atoms with van der Waals surface area (Å²) in [7, 11) is 0. The zero-order chi connectivity index (χ0) is 34.6. The Kier molecular flexibility index (Phi) is 7.75. The molecule has 262 valence electrons. The minimum absolute atomic E-state index is 0.00185. The summed E-state index contributed by atoms with van der Waals surface area (Å²) in [5, 5.41) is 5.70. The molecular formula is C32H28F6N8O4. The molecule has 2 fully saturated rings. The van der Waals surface area contributed by atoms with Gasteiger partial charge in [-0.05, 0) is 48.9 Å². The van der Waals surface area contributed by atoms with E-state index in [0.717, 1.165) is 12.4 Å². The van der Waals surface area contributed by atoms with E-state index < -0.39 is 29.3 Å². The van der Waals surface area contributed by atoms with E-state index in [4.69, 9.17) is 18.9 Å². The zero-order valence-electron chi connectivity index (χ0n) is 26.0. The third-order valence-corrected chi connectivity index (χ3v) is 9.12. The van der Waals surface area contributed by atoms with Crippen molar-refractivity contribution in [3.05, 3.63) is 59.9 Å². The molecule has 0 bridgehead atoms. The van der Waals surface area contributed by atoms with Gasteiger partial charge in [-0.1, -0.05) is 0 Å². The van der Waals surface area contributed by atoms with Crippen molar-refractivity contribution >= 4 is 34.9 Å². The van der Waals surface area contributed by atoms with Gasteiger partial charge >= 0.3 is 12.4 Å². The largest absolute Gasteiger partial charge is 0.454 e. The maximum absolute atomic E-state index is 14.1. The predicted octanol–water partition coefficient (Wildman–Crippen LogP) is 6.60. The molecule has 0 amide bonds. The van der Waals surface area contributed by atoms with Gasteiger partial charge in [0.25, 0.3) is 0 Å². The van der Waals surface area contributed by atoms with Crippen molar-refractivity contribution in [1.29, 1.82) is 0 Å². The number of ether oxygens (including phenoxy) is 4. The molecule has 6 heterocycles. The van der Waals surface area contributed by atoms with Crippen molar-refractivity contribution in [1.82, 2.24) is 19.9 Å². The van der Waals surface area contributed by atoms with Crippen LogP contribution in [0.3, 0.4) is 0 Å². The Morgan fingerprint density at radius 3 is 1.84 bits per heavy atom. The number of anilines is 6. The van der Waals surface area contributed by atoms with Gasteiger partial charge in [-0.3, -0.25) is 0 Å². The third kappa shape index (κ3) is 6.24. The Balaban J connectivity index is 0.977. The van der Waals surface area contributed by atoms with E-state index >= 15 is 0 Å². The molecule has 2 aromatic carbocycles. The number of hydrogen-bond acceptors (Lipinski definition) is 12. The number of nitrogens with one attached hydrogen (secondary N) is 2. The summed E-state index contributed by atoms with van der Waals surface area (Å²) in [6.45, 7) is 1.65. The molecule has 2 saturated heterocycles. The number of halogens is 6. The first kappa shape index (κ1) is 31.8. The third-order valence-electron chi connectivity index (χ3n) is 9.12. The second kappa shape index (κ2) is 12.2. The number of rotatable bonds is 7. The first-order valence-corrected chi connectivity index (χ1v) is 15.7. The van der Waals surface area contributed by atoms with Gasteiger partial charge in [-0.25, -0.2) is 9.97 Å². The van der Waals surface area contributed by atoms with Crippen molar-refractivity contribution in [2.45, 2.75) is 25.2 Å². The van der Waals surface area contributed by atoms with Crippen molar-refractivity contribution < 1.29 is 45.3 Å². The van der Waals surface area contributed by atoms with Crippen LogP contribution in [-0.4, -0.2) is 59.7 Å². The summed E-state index contributed by atoms with van der Waals surface area (Å²) in [5.74, 6) is 1.45. The molecule has 2 N–H and O–H groups in total. The van der Waals surface area contributed by atoms with Crippen LogP contribution in [0.2, 0.25) is 0 Å². The number of nitrogens with zero attached hydrogens (tertiary/aromatic N) is 6. The smallest absolute Gasteiger partial charge is 0.421 e. The quantitative estimate of drug-likeness (QED) is 0.202. The van der Waals surface area contributed by atoms with E-state index in [2.05, 4.69) is 30.6 Å². The van der Waals surface area contributed by atoms with Crippen LogP contribution in [0.15, 0.2) is 48.8 Å². The standard InChI is InChI=1S/C32H28F6N8O4/c33-31(34,35)21-11-40-30(43-27(21)41-19-1-3-23-25(9-19)49-15-47-23)46-8-6-18(14-46)17-5-7-45(13-17)28-22(32(36,37)38)12-39-29(44-28)42-20-2-4-24-26(10-20)50-16-48-24/h1-4,9-12,17-18H,5-8,13-16H2,(H,39,42,44)(H,40,41,43). The zero-order valence-corrected chi connectivity index (χ0v) is 26.0. The monoisotopic (exact) mass is 702 g/mol. The topological polar surface area (TPSA) is 119 Å². The van der Waals surface area contributed by atoms with Crippen LogP contribution in [0.1, 0.15) is 24.0 Å². The summed E-state index contributed by atoms with van der Waals surface area (Å²) in [4.78, 5) is 20.0. The van der Waals surface area contributed by atoms with Gasteiger partial charge in [0.15, 0.2) is 23.0 Å².